The molecule has 1 aliphatic rings. The second-order valence-electron chi connectivity index (χ2n) is 6.16. The van der Waals surface area contributed by atoms with Crippen molar-refractivity contribution in [2.75, 3.05) is 12.4 Å². The summed E-state index contributed by atoms with van der Waals surface area (Å²) in [6.07, 6.45) is 0.0594. The molecule has 5 nitrogen and oxygen atoms in total. The monoisotopic (exact) mass is 543 g/mol. The Balaban J connectivity index is 1.72. The van der Waals surface area contributed by atoms with Crippen LogP contribution in [0.1, 0.15) is 12.0 Å². The quantitative estimate of drug-likeness (QED) is 0.531. The number of amides is 2. The molecule has 1 atom stereocenters. The van der Waals surface area contributed by atoms with Crippen LogP contribution in [0, 0.1) is 6.92 Å². The average Bonchev–Trinajstić information content (AvgIpc) is 2.89. The fourth-order valence-electron chi connectivity index (χ4n) is 2.58. The minimum absolute atomic E-state index is 0.0594. The SMILES string of the molecule is Cc1c(Cl)cccc1N=C1S[C@@H](CC(=O)Nc2ccc(Br)cc2Br)C(=O)N1C. The highest BCUT2D eigenvalue weighted by Gasteiger charge is 2.37. The maximum atomic E-state index is 12.6. The third-order valence-corrected chi connectivity index (χ3v) is 6.96. The normalized spacial score (nSPS) is 18.0. The summed E-state index contributed by atoms with van der Waals surface area (Å²) in [7, 11) is 1.66. The smallest absolute Gasteiger partial charge is 0.242 e. The van der Waals surface area contributed by atoms with Crippen molar-refractivity contribution in [2.24, 2.45) is 4.99 Å². The van der Waals surface area contributed by atoms with Gasteiger partial charge in [0.1, 0.15) is 5.25 Å². The number of rotatable bonds is 4. The Kier molecular flexibility index (Phi) is 6.85. The highest BCUT2D eigenvalue weighted by atomic mass is 79.9. The second-order valence-corrected chi connectivity index (χ2v) is 9.51. The van der Waals surface area contributed by atoms with E-state index in [0.717, 1.165) is 14.5 Å². The van der Waals surface area contributed by atoms with Crippen molar-refractivity contribution in [3.05, 3.63) is 55.9 Å². The van der Waals surface area contributed by atoms with E-state index in [1.54, 1.807) is 19.2 Å². The number of amidine groups is 1. The van der Waals surface area contributed by atoms with Gasteiger partial charge in [0.15, 0.2) is 5.17 Å². The van der Waals surface area contributed by atoms with Crippen molar-refractivity contribution in [3.63, 3.8) is 0 Å². The van der Waals surface area contributed by atoms with E-state index in [2.05, 4.69) is 42.2 Å². The number of carbonyl (C=O) groups excluding carboxylic acids is 2. The van der Waals surface area contributed by atoms with Gasteiger partial charge in [0.25, 0.3) is 0 Å². The summed E-state index contributed by atoms with van der Waals surface area (Å²) >= 11 is 14.2. The molecule has 0 saturated carbocycles. The zero-order valence-corrected chi connectivity index (χ0v) is 19.7. The van der Waals surface area contributed by atoms with Gasteiger partial charge in [0.2, 0.25) is 11.8 Å². The number of anilines is 1. The van der Waals surface area contributed by atoms with E-state index in [1.165, 1.54) is 16.7 Å². The molecule has 0 unspecified atom stereocenters. The first-order valence-corrected chi connectivity index (χ1v) is 11.1. The summed E-state index contributed by atoms with van der Waals surface area (Å²) in [6, 6.07) is 10.9. The minimum Gasteiger partial charge on any atom is -0.325 e. The van der Waals surface area contributed by atoms with Gasteiger partial charge in [-0.1, -0.05) is 45.4 Å². The fraction of sp³-hybridized carbons (Fsp3) is 0.211. The summed E-state index contributed by atoms with van der Waals surface area (Å²) in [5, 5.41) is 3.49. The van der Waals surface area contributed by atoms with Crippen LogP contribution in [0.15, 0.2) is 50.3 Å². The van der Waals surface area contributed by atoms with Crippen molar-refractivity contribution < 1.29 is 9.59 Å². The van der Waals surface area contributed by atoms with Crippen molar-refractivity contribution >= 4 is 83.6 Å². The number of aliphatic imine (C=N–C) groups is 1. The summed E-state index contributed by atoms with van der Waals surface area (Å²) in [4.78, 5) is 31.1. The lowest BCUT2D eigenvalue weighted by atomic mass is 10.2. The van der Waals surface area contributed by atoms with E-state index in [9.17, 15) is 9.59 Å². The first-order chi connectivity index (χ1) is 13.3. The Bertz CT molecular complexity index is 984. The van der Waals surface area contributed by atoms with E-state index in [0.29, 0.717) is 21.6 Å². The first kappa shape index (κ1) is 21.4. The first-order valence-electron chi connectivity index (χ1n) is 8.29. The molecule has 1 heterocycles. The van der Waals surface area contributed by atoms with Crippen molar-refractivity contribution in [3.8, 4) is 0 Å². The lowest BCUT2D eigenvalue weighted by Gasteiger charge is -2.10. The fourth-order valence-corrected chi connectivity index (χ4v) is 5.04. The molecule has 1 saturated heterocycles. The van der Waals surface area contributed by atoms with E-state index in [1.807, 2.05) is 31.2 Å². The topological polar surface area (TPSA) is 61.8 Å². The maximum Gasteiger partial charge on any atom is 0.242 e. The number of benzene rings is 2. The number of hydrogen-bond acceptors (Lipinski definition) is 4. The number of nitrogens with one attached hydrogen (secondary N) is 1. The van der Waals surface area contributed by atoms with Gasteiger partial charge in [-0.15, -0.1) is 0 Å². The number of nitrogens with zero attached hydrogens (tertiary/aromatic N) is 2. The van der Waals surface area contributed by atoms with Gasteiger partial charge < -0.3 is 5.32 Å². The molecule has 2 aromatic carbocycles. The second kappa shape index (κ2) is 8.98. The number of hydrogen-bond donors (Lipinski definition) is 1. The molecule has 9 heteroatoms. The number of halogens is 3. The van der Waals surface area contributed by atoms with Crippen LogP contribution >= 0.6 is 55.2 Å². The molecule has 0 aromatic heterocycles. The summed E-state index contributed by atoms with van der Waals surface area (Å²) < 4.78 is 1.66. The van der Waals surface area contributed by atoms with Gasteiger partial charge in [-0.3, -0.25) is 14.5 Å². The molecule has 146 valence electrons. The van der Waals surface area contributed by atoms with E-state index < -0.39 is 5.25 Å². The number of carbonyl (C=O) groups is 2. The van der Waals surface area contributed by atoms with Gasteiger partial charge in [-0.05, 0) is 58.7 Å². The van der Waals surface area contributed by atoms with Crippen LogP contribution in [-0.4, -0.2) is 34.2 Å². The molecule has 2 aromatic rings. The molecule has 0 aliphatic carbocycles. The molecule has 1 aliphatic heterocycles. The number of thioether (sulfide) groups is 1. The van der Waals surface area contributed by atoms with Crippen molar-refractivity contribution in [1.82, 2.24) is 4.90 Å². The van der Waals surface area contributed by atoms with Crippen LogP contribution < -0.4 is 5.32 Å². The largest absolute Gasteiger partial charge is 0.325 e. The zero-order chi connectivity index (χ0) is 20.4. The Labute approximate surface area is 189 Å². The van der Waals surface area contributed by atoms with Crippen molar-refractivity contribution in [1.29, 1.82) is 0 Å². The lowest BCUT2D eigenvalue weighted by molar-refractivity contribution is -0.127. The highest BCUT2D eigenvalue weighted by molar-refractivity contribution is 9.11. The zero-order valence-electron chi connectivity index (χ0n) is 15.0. The molecule has 0 bridgehead atoms. The third-order valence-electron chi connectivity index (χ3n) is 4.17. The van der Waals surface area contributed by atoms with Gasteiger partial charge in [0.05, 0.1) is 11.4 Å². The van der Waals surface area contributed by atoms with E-state index >= 15 is 0 Å². The van der Waals surface area contributed by atoms with Gasteiger partial charge >= 0.3 is 0 Å². The standard InChI is InChI=1S/C19H16Br2ClN3O2S/c1-10-13(22)4-3-5-14(10)24-19-25(2)18(27)16(28-19)9-17(26)23-15-7-6-11(20)8-12(15)21/h3-8,16H,9H2,1-2H3,(H,23,26)/t16-/m0/s1. The average molecular weight is 546 g/mol. The molecule has 3 rings (SSSR count). The molecule has 0 spiro atoms. The lowest BCUT2D eigenvalue weighted by Crippen LogP contribution is -2.30. The molecule has 1 fully saturated rings. The van der Waals surface area contributed by atoms with Crippen LogP contribution in [0.4, 0.5) is 11.4 Å². The van der Waals surface area contributed by atoms with E-state index in [4.69, 9.17) is 11.6 Å². The Morgan fingerprint density at radius 3 is 2.79 bits per heavy atom. The highest BCUT2D eigenvalue weighted by Crippen LogP contribution is 2.33. The van der Waals surface area contributed by atoms with Gasteiger partial charge in [-0.25, -0.2) is 4.99 Å². The van der Waals surface area contributed by atoms with Crippen LogP contribution in [-0.2, 0) is 9.59 Å². The summed E-state index contributed by atoms with van der Waals surface area (Å²) in [5.74, 6) is -0.379. The predicted octanol–water partition coefficient (Wildman–Crippen LogP) is 5.76. The Morgan fingerprint density at radius 2 is 2.07 bits per heavy atom. The molecular formula is C19H16Br2ClN3O2S. The van der Waals surface area contributed by atoms with Crippen LogP contribution in [0.5, 0.6) is 0 Å². The molecule has 1 N–H and O–H groups in total. The van der Waals surface area contributed by atoms with Gasteiger partial charge in [0, 0.05) is 27.4 Å². The van der Waals surface area contributed by atoms with E-state index in [-0.39, 0.29) is 18.2 Å². The predicted molar refractivity (Wildman–Crippen MR) is 123 cm³/mol. The van der Waals surface area contributed by atoms with Crippen LogP contribution in [0.3, 0.4) is 0 Å². The molecule has 0 radical (unpaired) electrons. The summed E-state index contributed by atoms with van der Waals surface area (Å²) in [6.45, 7) is 1.88. The molecular weight excluding hydrogens is 530 g/mol. The minimum atomic E-state index is -0.516. The maximum absolute atomic E-state index is 12.6. The summed E-state index contributed by atoms with van der Waals surface area (Å²) in [5.41, 5.74) is 2.21. The van der Waals surface area contributed by atoms with Crippen LogP contribution in [0.25, 0.3) is 0 Å². The third kappa shape index (κ3) is 4.79. The van der Waals surface area contributed by atoms with Gasteiger partial charge in [-0.2, -0.15) is 0 Å². The molecule has 2 amide bonds. The Morgan fingerprint density at radius 1 is 1.32 bits per heavy atom. The Hall–Kier alpha value is -1.35. The molecule has 28 heavy (non-hydrogen) atoms. The van der Waals surface area contributed by atoms with Crippen LogP contribution in [0.2, 0.25) is 5.02 Å². The van der Waals surface area contributed by atoms with Crippen molar-refractivity contribution in [2.45, 2.75) is 18.6 Å².